The summed E-state index contributed by atoms with van der Waals surface area (Å²) in [6.45, 7) is 2.62. The Morgan fingerprint density at radius 2 is 2.35 bits per heavy atom. The molecule has 2 aromatic rings. The number of hydrogen-bond donors (Lipinski definition) is 2. The van der Waals surface area contributed by atoms with Gasteiger partial charge in [0.1, 0.15) is 17.0 Å². The molecule has 0 aromatic carbocycles. The first-order chi connectivity index (χ1) is 8.18. The van der Waals surface area contributed by atoms with E-state index >= 15 is 0 Å². The highest BCUT2D eigenvalue weighted by Gasteiger charge is 2.07. The van der Waals surface area contributed by atoms with Gasteiger partial charge in [0.15, 0.2) is 0 Å². The van der Waals surface area contributed by atoms with Crippen LogP contribution >= 0.6 is 11.3 Å². The molecule has 0 fully saturated rings. The van der Waals surface area contributed by atoms with Crippen molar-refractivity contribution in [3.05, 3.63) is 17.3 Å². The summed E-state index contributed by atoms with van der Waals surface area (Å²) in [5.41, 5.74) is 1.14. The number of rotatable bonds is 5. The van der Waals surface area contributed by atoms with Crippen molar-refractivity contribution in [3.8, 4) is 0 Å². The second kappa shape index (κ2) is 5.09. The van der Waals surface area contributed by atoms with Crippen molar-refractivity contribution in [3.63, 3.8) is 0 Å². The lowest BCUT2D eigenvalue weighted by molar-refractivity contribution is -0.137. The maximum atomic E-state index is 10.4. The topological polar surface area (TPSA) is 75.1 Å². The summed E-state index contributed by atoms with van der Waals surface area (Å²) in [6, 6.07) is 0. The molecule has 0 bridgehead atoms. The number of anilines is 1. The zero-order chi connectivity index (χ0) is 12.3. The number of thiophene rings is 1. The molecule has 0 spiro atoms. The molecule has 2 N–H and O–H groups in total. The largest absolute Gasteiger partial charge is 0.481 e. The molecular weight excluding hydrogens is 238 g/mol. The molecule has 0 saturated carbocycles. The number of nitrogens with zero attached hydrogens (tertiary/aromatic N) is 2. The fourth-order valence-electron chi connectivity index (χ4n) is 1.60. The van der Waals surface area contributed by atoms with Crippen LogP contribution in [0.3, 0.4) is 0 Å². The Morgan fingerprint density at radius 3 is 3.12 bits per heavy atom. The number of hydrogen-bond acceptors (Lipinski definition) is 5. The second-order valence-electron chi connectivity index (χ2n) is 3.75. The van der Waals surface area contributed by atoms with Gasteiger partial charge in [-0.05, 0) is 24.3 Å². The zero-order valence-corrected chi connectivity index (χ0v) is 10.3. The van der Waals surface area contributed by atoms with E-state index in [1.807, 2.05) is 12.3 Å². The minimum absolute atomic E-state index is 0.170. The molecule has 0 aliphatic carbocycles. The maximum absolute atomic E-state index is 10.4. The van der Waals surface area contributed by atoms with Gasteiger partial charge in [-0.15, -0.1) is 11.3 Å². The van der Waals surface area contributed by atoms with Crippen molar-refractivity contribution < 1.29 is 9.90 Å². The van der Waals surface area contributed by atoms with E-state index < -0.39 is 5.97 Å². The number of nitrogens with one attached hydrogen (secondary N) is 1. The van der Waals surface area contributed by atoms with Crippen LogP contribution in [-0.2, 0) is 4.79 Å². The molecule has 2 aromatic heterocycles. The van der Waals surface area contributed by atoms with Gasteiger partial charge in [-0.3, -0.25) is 4.79 Å². The van der Waals surface area contributed by atoms with Gasteiger partial charge in [0.2, 0.25) is 0 Å². The van der Waals surface area contributed by atoms with Crippen LogP contribution in [0.4, 0.5) is 5.82 Å². The molecule has 0 aliphatic heterocycles. The average molecular weight is 251 g/mol. The lowest BCUT2D eigenvalue weighted by Crippen LogP contribution is -2.06. The van der Waals surface area contributed by atoms with Gasteiger partial charge in [-0.1, -0.05) is 0 Å². The van der Waals surface area contributed by atoms with E-state index in [0.717, 1.165) is 21.6 Å². The van der Waals surface area contributed by atoms with Crippen LogP contribution in [-0.4, -0.2) is 27.6 Å². The number of aliphatic carboxylic acids is 1. The van der Waals surface area contributed by atoms with Crippen LogP contribution in [0.1, 0.15) is 18.4 Å². The lowest BCUT2D eigenvalue weighted by Gasteiger charge is -2.05. The minimum Gasteiger partial charge on any atom is -0.481 e. The van der Waals surface area contributed by atoms with E-state index in [1.54, 1.807) is 11.3 Å². The van der Waals surface area contributed by atoms with Gasteiger partial charge < -0.3 is 10.4 Å². The van der Waals surface area contributed by atoms with Gasteiger partial charge in [-0.2, -0.15) is 0 Å². The number of carbonyl (C=O) groups is 1. The van der Waals surface area contributed by atoms with Crippen molar-refractivity contribution in [2.75, 3.05) is 11.9 Å². The third kappa shape index (κ3) is 2.71. The molecule has 0 amide bonds. The van der Waals surface area contributed by atoms with E-state index in [0.29, 0.717) is 13.0 Å². The Balaban J connectivity index is 2.08. The van der Waals surface area contributed by atoms with Crippen molar-refractivity contribution >= 4 is 33.3 Å². The molecule has 0 aliphatic rings. The third-order valence-electron chi connectivity index (χ3n) is 2.41. The van der Waals surface area contributed by atoms with E-state index in [1.165, 1.54) is 6.33 Å². The van der Waals surface area contributed by atoms with Gasteiger partial charge in [0, 0.05) is 13.0 Å². The summed E-state index contributed by atoms with van der Waals surface area (Å²) in [5, 5.41) is 14.8. The Labute approximate surface area is 103 Å². The molecule has 17 heavy (non-hydrogen) atoms. The molecule has 0 atom stereocenters. The number of aromatic nitrogens is 2. The number of carboxylic acid groups (broad SMARTS) is 1. The fourth-order valence-corrected chi connectivity index (χ4v) is 2.49. The van der Waals surface area contributed by atoms with E-state index in [9.17, 15) is 4.79 Å². The molecule has 2 heterocycles. The van der Waals surface area contributed by atoms with Gasteiger partial charge >= 0.3 is 5.97 Å². The van der Waals surface area contributed by atoms with Crippen LogP contribution in [0.25, 0.3) is 10.2 Å². The quantitative estimate of drug-likeness (QED) is 0.797. The molecule has 90 valence electrons. The van der Waals surface area contributed by atoms with E-state index in [4.69, 9.17) is 5.11 Å². The highest BCUT2D eigenvalue weighted by Crippen LogP contribution is 2.28. The summed E-state index contributed by atoms with van der Waals surface area (Å²) in [7, 11) is 0. The highest BCUT2D eigenvalue weighted by molar-refractivity contribution is 7.17. The van der Waals surface area contributed by atoms with E-state index in [2.05, 4.69) is 15.3 Å². The van der Waals surface area contributed by atoms with Crippen LogP contribution in [0.15, 0.2) is 11.7 Å². The number of aryl methyl sites for hydroxylation is 1. The summed E-state index contributed by atoms with van der Waals surface area (Å²) in [4.78, 5) is 19.7. The smallest absolute Gasteiger partial charge is 0.303 e. The SMILES string of the molecule is Cc1csc2ncnc(NCCCC(=O)O)c12. The first kappa shape index (κ1) is 11.8. The van der Waals surface area contributed by atoms with Crippen LogP contribution in [0.5, 0.6) is 0 Å². The molecule has 0 unspecified atom stereocenters. The summed E-state index contributed by atoms with van der Waals surface area (Å²) < 4.78 is 0. The maximum Gasteiger partial charge on any atom is 0.303 e. The van der Waals surface area contributed by atoms with Crippen LogP contribution < -0.4 is 5.32 Å². The van der Waals surface area contributed by atoms with Crippen LogP contribution in [0, 0.1) is 6.92 Å². The Kier molecular flexibility index (Phi) is 3.53. The van der Waals surface area contributed by atoms with Crippen molar-refractivity contribution in [1.29, 1.82) is 0 Å². The summed E-state index contributed by atoms with van der Waals surface area (Å²) in [6.07, 6.45) is 2.28. The van der Waals surface area contributed by atoms with Gasteiger partial charge in [-0.25, -0.2) is 9.97 Å². The molecule has 5 nitrogen and oxygen atoms in total. The molecule has 2 rings (SSSR count). The predicted molar refractivity (Wildman–Crippen MR) is 67.5 cm³/mol. The first-order valence-corrected chi connectivity index (χ1v) is 6.21. The zero-order valence-electron chi connectivity index (χ0n) is 9.43. The minimum atomic E-state index is -0.772. The normalized spacial score (nSPS) is 10.6. The molecule has 0 radical (unpaired) electrons. The first-order valence-electron chi connectivity index (χ1n) is 5.33. The number of fused-ring (bicyclic) bond motifs is 1. The lowest BCUT2D eigenvalue weighted by atomic mass is 10.2. The molecular formula is C11H13N3O2S. The molecule has 6 heteroatoms. The second-order valence-corrected chi connectivity index (χ2v) is 4.60. The standard InChI is InChI=1S/C11H13N3O2S/c1-7-5-17-11-9(7)10(13-6-14-11)12-4-2-3-8(15)16/h5-6H,2-4H2,1H3,(H,15,16)(H,12,13,14). The highest BCUT2D eigenvalue weighted by atomic mass is 32.1. The monoisotopic (exact) mass is 251 g/mol. The van der Waals surface area contributed by atoms with Crippen molar-refractivity contribution in [2.45, 2.75) is 19.8 Å². The average Bonchev–Trinajstić information content (AvgIpc) is 2.67. The summed E-state index contributed by atoms with van der Waals surface area (Å²) in [5.74, 6) is 0.0190. The Bertz CT molecular complexity index is 538. The Morgan fingerprint density at radius 1 is 1.53 bits per heavy atom. The predicted octanol–water partition coefficient (Wildman–Crippen LogP) is 2.28. The number of carboxylic acids is 1. The van der Waals surface area contributed by atoms with E-state index in [-0.39, 0.29) is 6.42 Å². The van der Waals surface area contributed by atoms with Gasteiger partial charge in [0.25, 0.3) is 0 Å². The molecule has 0 saturated heterocycles. The van der Waals surface area contributed by atoms with Crippen molar-refractivity contribution in [1.82, 2.24) is 9.97 Å². The third-order valence-corrected chi connectivity index (χ3v) is 3.42. The van der Waals surface area contributed by atoms with Crippen LogP contribution in [0.2, 0.25) is 0 Å². The fraction of sp³-hybridized carbons (Fsp3) is 0.364. The van der Waals surface area contributed by atoms with Gasteiger partial charge in [0.05, 0.1) is 5.39 Å². The summed E-state index contributed by atoms with van der Waals surface area (Å²) >= 11 is 1.59. The van der Waals surface area contributed by atoms with Crippen molar-refractivity contribution in [2.24, 2.45) is 0 Å². The Hall–Kier alpha value is -1.69.